The molecule has 0 aliphatic heterocycles. The van der Waals surface area contributed by atoms with Gasteiger partial charge in [0.1, 0.15) is 24.7 Å². The van der Waals surface area contributed by atoms with Gasteiger partial charge in [-0.1, -0.05) is 69.1 Å². The molecule has 0 aliphatic rings. The zero-order valence-corrected chi connectivity index (χ0v) is 49.2. The number of amides is 2. The number of carbonyl (C=O) groups is 2. The van der Waals surface area contributed by atoms with Crippen molar-refractivity contribution in [1.29, 1.82) is 0 Å². The Kier molecular flexibility index (Phi) is 22.0. The Bertz CT molecular complexity index is 3900. The van der Waals surface area contributed by atoms with Crippen molar-refractivity contribution in [2.24, 2.45) is 0 Å². The summed E-state index contributed by atoms with van der Waals surface area (Å²) in [6.45, 7) is 17.0. The van der Waals surface area contributed by atoms with Crippen molar-refractivity contribution in [2.75, 3.05) is 48.2 Å². The van der Waals surface area contributed by atoms with Gasteiger partial charge in [-0.05, 0) is 193 Å². The Hall–Kier alpha value is -9.75. The monoisotopic (exact) mass is 1230 g/mol. The fourth-order valence-corrected chi connectivity index (χ4v) is 9.39. The number of aromatic nitrogens is 6. The minimum atomic E-state index is -0.152. The Balaban J connectivity index is 0.000000203. The Morgan fingerprint density at radius 1 is 0.595 bits per heavy atom. The lowest BCUT2D eigenvalue weighted by Crippen LogP contribution is -2.28. The molecule has 0 saturated heterocycles. The molecule has 2 amide bonds. The van der Waals surface area contributed by atoms with E-state index in [0.717, 1.165) is 98.4 Å². The first kappa shape index (κ1) is 61.9. The van der Waals surface area contributed by atoms with E-state index in [4.69, 9.17) is 29.7 Å². The SMILES string of the molecule is C.C=CC(=O)N(CC)c1cccc(I)c1.C=CC(=O)N(CC)c1cccc(Nc2ncc3cc(-c4c(C)ccnc4OCc4ccc(OC)cc4)ccc3n2)c1.COc1ccc(COc2nccc(C)c2-c2ccc3nc(N)ncc3c2)cc1. The molecule has 84 heavy (non-hydrogen) atoms. The van der Waals surface area contributed by atoms with E-state index in [1.54, 1.807) is 48.8 Å². The van der Waals surface area contributed by atoms with Crippen LogP contribution in [0.25, 0.3) is 44.1 Å². The van der Waals surface area contributed by atoms with E-state index in [1.165, 1.54) is 12.2 Å². The molecule has 428 valence electrons. The van der Waals surface area contributed by atoms with E-state index in [0.29, 0.717) is 44.0 Å². The number of likely N-dealkylation sites (N-methyl/N-ethyl adjacent to an activating group) is 2. The number of pyridine rings is 2. The van der Waals surface area contributed by atoms with Crippen LogP contribution in [-0.4, -0.2) is 69.0 Å². The van der Waals surface area contributed by atoms with Crippen LogP contribution < -0.4 is 39.8 Å². The van der Waals surface area contributed by atoms with Crippen LogP contribution in [0.4, 0.5) is 29.0 Å². The molecule has 0 fully saturated rings. The van der Waals surface area contributed by atoms with Gasteiger partial charge in [-0.2, -0.15) is 0 Å². The lowest BCUT2D eigenvalue weighted by atomic mass is 10.0. The number of carbonyl (C=O) groups excluding carboxylic acids is 2. The number of hydrogen-bond donors (Lipinski definition) is 2. The highest BCUT2D eigenvalue weighted by Gasteiger charge is 2.17. The molecule has 0 radical (unpaired) electrons. The van der Waals surface area contributed by atoms with Crippen LogP contribution in [0.1, 0.15) is 43.5 Å². The Labute approximate surface area is 504 Å². The molecule has 6 aromatic carbocycles. The van der Waals surface area contributed by atoms with Gasteiger partial charge in [0.05, 0.1) is 25.3 Å². The van der Waals surface area contributed by atoms with Gasteiger partial charge in [0.25, 0.3) is 0 Å². The standard InChI is InChI=1S/C33H31N5O3.C22H20N4O2.C11H12INO.CH4/c1-5-30(39)38(6-2)27-9-7-8-26(19-27)36-33-35-20-25-18-24(12-15-29(25)37-33)31-22(3)16-17-34-32(31)41-21-23-10-13-28(40-4)14-11-23;1-14-9-10-24-21(28-13-15-3-6-18(27-2)7-4-15)20(14)16-5-8-19-17(11-16)12-25-22(23)26-19;1-3-11(14)13(4-2)10-7-5-6-9(12)8-10;/h5,7-20H,1,6,21H2,2-4H3,(H,35,36,37);3-12H,13H2,1-2H3,(H2,23,25,26);3,5-8H,1,4H2,2H3;1H4. The Morgan fingerprint density at radius 2 is 1.07 bits per heavy atom. The summed E-state index contributed by atoms with van der Waals surface area (Å²) in [6, 6.07) is 46.9. The zero-order chi connectivity index (χ0) is 58.8. The van der Waals surface area contributed by atoms with Gasteiger partial charge < -0.3 is 39.8 Å². The fourth-order valence-electron chi connectivity index (χ4n) is 8.86. The predicted molar refractivity (Wildman–Crippen MR) is 346 cm³/mol. The van der Waals surface area contributed by atoms with Crippen molar-refractivity contribution in [2.45, 2.75) is 48.3 Å². The number of nitrogens with two attached hydrogens (primary N) is 1. The molecule has 0 bridgehead atoms. The maximum Gasteiger partial charge on any atom is 0.250 e. The molecule has 10 aromatic rings. The first-order valence-electron chi connectivity index (χ1n) is 26.5. The molecule has 0 saturated carbocycles. The van der Waals surface area contributed by atoms with Crippen LogP contribution in [0.3, 0.4) is 0 Å². The number of fused-ring (bicyclic) bond motifs is 2. The number of halogens is 1. The smallest absolute Gasteiger partial charge is 0.250 e. The Morgan fingerprint density at radius 3 is 1.55 bits per heavy atom. The molecule has 10 rings (SSSR count). The second-order valence-electron chi connectivity index (χ2n) is 18.6. The summed E-state index contributed by atoms with van der Waals surface area (Å²) in [5.41, 5.74) is 17.8. The topological polar surface area (TPSA) is 193 Å². The summed E-state index contributed by atoms with van der Waals surface area (Å²) < 4.78 is 23.8. The van der Waals surface area contributed by atoms with E-state index < -0.39 is 0 Å². The maximum absolute atomic E-state index is 12.2. The molecule has 0 spiro atoms. The highest BCUT2D eigenvalue weighted by molar-refractivity contribution is 14.1. The van der Waals surface area contributed by atoms with E-state index >= 15 is 0 Å². The highest BCUT2D eigenvalue weighted by atomic mass is 127. The number of anilines is 5. The summed E-state index contributed by atoms with van der Waals surface area (Å²) in [5, 5.41) is 5.05. The molecule has 0 aliphatic carbocycles. The second-order valence-corrected chi connectivity index (χ2v) is 19.8. The molecule has 17 heteroatoms. The van der Waals surface area contributed by atoms with E-state index in [9.17, 15) is 9.59 Å². The summed E-state index contributed by atoms with van der Waals surface area (Å²) in [6.07, 6.45) is 9.68. The number of benzene rings is 6. The van der Waals surface area contributed by atoms with Crippen LogP contribution in [0.15, 0.2) is 196 Å². The second kappa shape index (κ2) is 29.8. The van der Waals surface area contributed by atoms with Gasteiger partial charge in [0.2, 0.25) is 35.5 Å². The largest absolute Gasteiger partial charge is 0.497 e. The van der Waals surface area contributed by atoms with Gasteiger partial charge >= 0.3 is 0 Å². The molecule has 3 N–H and O–H groups in total. The summed E-state index contributed by atoms with van der Waals surface area (Å²) in [4.78, 5) is 53.6. The quantitative estimate of drug-likeness (QED) is 0.0609. The van der Waals surface area contributed by atoms with Gasteiger partial charge in [-0.15, -0.1) is 0 Å². The number of nitrogen functional groups attached to an aromatic ring is 1. The summed E-state index contributed by atoms with van der Waals surface area (Å²) in [5.74, 6) is 3.29. The lowest BCUT2D eigenvalue weighted by molar-refractivity contribution is -0.114. The number of methoxy groups -OCH3 is 2. The van der Waals surface area contributed by atoms with Crippen molar-refractivity contribution < 1.29 is 28.5 Å². The maximum atomic E-state index is 12.2. The molecule has 4 aromatic heterocycles. The van der Waals surface area contributed by atoms with Gasteiger partial charge in [-0.3, -0.25) is 9.59 Å². The third kappa shape index (κ3) is 15.8. The predicted octanol–water partition coefficient (Wildman–Crippen LogP) is 14.5. The molecule has 0 atom stereocenters. The van der Waals surface area contributed by atoms with Crippen LogP contribution in [0.2, 0.25) is 0 Å². The van der Waals surface area contributed by atoms with Crippen LogP contribution in [0.5, 0.6) is 23.3 Å². The van der Waals surface area contributed by atoms with Crippen LogP contribution >= 0.6 is 22.6 Å². The van der Waals surface area contributed by atoms with E-state index in [1.807, 2.05) is 173 Å². The average molecular weight is 1240 g/mol. The molecular formula is C67H67IN10O6. The minimum absolute atomic E-state index is 0. The first-order chi connectivity index (χ1) is 40.3. The number of hydrogen-bond acceptors (Lipinski definition) is 14. The van der Waals surface area contributed by atoms with Crippen molar-refractivity contribution in [3.63, 3.8) is 0 Å². The molecule has 4 heterocycles. The van der Waals surface area contributed by atoms with Crippen molar-refractivity contribution in [3.8, 4) is 45.5 Å². The molecular weight excluding hydrogens is 1170 g/mol. The van der Waals surface area contributed by atoms with Crippen LogP contribution in [-0.2, 0) is 22.8 Å². The number of nitrogens with zero attached hydrogens (tertiary/aromatic N) is 8. The normalized spacial score (nSPS) is 10.4. The zero-order valence-electron chi connectivity index (χ0n) is 47.0. The van der Waals surface area contributed by atoms with Crippen LogP contribution in [0, 0.1) is 17.4 Å². The van der Waals surface area contributed by atoms with Gasteiger partial charge in [0.15, 0.2) is 0 Å². The number of ether oxygens (including phenoxy) is 4. The van der Waals surface area contributed by atoms with Crippen molar-refractivity contribution in [3.05, 3.63) is 222 Å². The minimum Gasteiger partial charge on any atom is -0.497 e. The fraction of sp³-hybridized carbons (Fsp3) is 0.164. The van der Waals surface area contributed by atoms with E-state index in [-0.39, 0.29) is 25.2 Å². The third-order valence-electron chi connectivity index (χ3n) is 13.1. The summed E-state index contributed by atoms with van der Waals surface area (Å²) in [7, 11) is 3.30. The van der Waals surface area contributed by atoms with Gasteiger partial charge in [-0.25, -0.2) is 29.9 Å². The lowest BCUT2D eigenvalue weighted by Gasteiger charge is -2.20. The first-order valence-corrected chi connectivity index (χ1v) is 27.6. The third-order valence-corrected chi connectivity index (χ3v) is 13.8. The molecule has 16 nitrogen and oxygen atoms in total. The van der Waals surface area contributed by atoms with Gasteiger partial charge in [0, 0.05) is 80.4 Å². The van der Waals surface area contributed by atoms with Crippen molar-refractivity contribution >= 4 is 85.2 Å². The molecule has 0 unspecified atom stereocenters. The van der Waals surface area contributed by atoms with Crippen molar-refractivity contribution in [1.82, 2.24) is 29.9 Å². The average Bonchev–Trinajstić information content (AvgIpc) is 3.31. The number of aryl methyl sites for hydroxylation is 2. The number of nitrogens with one attached hydrogen (secondary N) is 1. The summed E-state index contributed by atoms with van der Waals surface area (Å²) >= 11 is 2.23. The highest BCUT2D eigenvalue weighted by Crippen LogP contribution is 2.36. The number of rotatable bonds is 18. The van der Waals surface area contributed by atoms with E-state index in [2.05, 4.69) is 66.0 Å².